The number of hydrogen-bond donors (Lipinski definition) is 1. The summed E-state index contributed by atoms with van der Waals surface area (Å²) in [7, 11) is 1.68. The fourth-order valence-corrected chi connectivity index (χ4v) is 2.73. The van der Waals surface area contributed by atoms with Crippen LogP contribution >= 0.6 is 0 Å². The van der Waals surface area contributed by atoms with Crippen molar-refractivity contribution >= 4 is 5.65 Å². The minimum absolute atomic E-state index is 0.220. The maximum Gasteiger partial charge on any atom is 0.137 e. The Morgan fingerprint density at radius 3 is 2.82 bits per heavy atom. The molecule has 0 amide bonds. The number of pyridine rings is 1. The highest BCUT2D eigenvalue weighted by Gasteiger charge is 2.19. The number of benzene rings is 1. The molecule has 1 aromatic carbocycles. The van der Waals surface area contributed by atoms with Crippen LogP contribution in [0.3, 0.4) is 0 Å². The van der Waals surface area contributed by atoms with Gasteiger partial charge < -0.3 is 14.9 Å². The molecule has 2 aromatic heterocycles. The Kier molecular flexibility index (Phi) is 3.86. The standard InChI is InChI=1S/C18H21N3O/c1-12-7-8-16-20-17(14-5-4-6-15(9-14)22-3)18(13(2)10-19)21(16)11-12/h4-9,11,13H,10,19H2,1-3H3. The number of imidazole rings is 1. The zero-order chi connectivity index (χ0) is 15.7. The van der Waals surface area contributed by atoms with Gasteiger partial charge >= 0.3 is 0 Å². The predicted octanol–water partition coefficient (Wildman–Crippen LogP) is 3.38. The number of aryl methyl sites for hydroxylation is 1. The van der Waals surface area contributed by atoms with E-state index in [4.69, 9.17) is 15.5 Å². The summed E-state index contributed by atoms with van der Waals surface area (Å²) in [5, 5.41) is 0. The zero-order valence-electron chi connectivity index (χ0n) is 13.2. The molecule has 0 spiro atoms. The van der Waals surface area contributed by atoms with Crippen molar-refractivity contribution in [3.8, 4) is 17.0 Å². The Labute approximate surface area is 130 Å². The lowest BCUT2D eigenvalue weighted by atomic mass is 10.0. The monoisotopic (exact) mass is 295 g/mol. The molecule has 0 saturated heterocycles. The van der Waals surface area contributed by atoms with Crippen molar-refractivity contribution in [1.82, 2.24) is 9.38 Å². The molecule has 0 bridgehead atoms. The van der Waals surface area contributed by atoms with Crippen LogP contribution in [-0.4, -0.2) is 23.0 Å². The van der Waals surface area contributed by atoms with Gasteiger partial charge in [0.15, 0.2) is 0 Å². The van der Waals surface area contributed by atoms with E-state index in [1.807, 2.05) is 24.3 Å². The molecule has 4 nitrogen and oxygen atoms in total. The Hall–Kier alpha value is -2.33. The zero-order valence-corrected chi connectivity index (χ0v) is 13.2. The van der Waals surface area contributed by atoms with E-state index in [9.17, 15) is 0 Å². The van der Waals surface area contributed by atoms with Crippen LogP contribution in [0.2, 0.25) is 0 Å². The Morgan fingerprint density at radius 1 is 1.27 bits per heavy atom. The first kappa shape index (κ1) is 14.6. The quantitative estimate of drug-likeness (QED) is 0.802. The normalized spacial score (nSPS) is 12.5. The summed E-state index contributed by atoms with van der Waals surface area (Å²) in [5.74, 6) is 1.05. The van der Waals surface area contributed by atoms with Crippen LogP contribution in [-0.2, 0) is 0 Å². The molecule has 0 aliphatic heterocycles. The number of ether oxygens (including phenoxy) is 1. The average molecular weight is 295 g/mol. The molecular weight excluding hydrogens is 274 g/mol. The van der Waals surface area contributed by atoms with Crippen molar-refractivity contribution in [2.24, 2.45) is 5.73 Å². The van der Waals surface area contributed by atoms with Crippen molar-refractivity contribution < 1.29 is 4.74 Å². The van der Waals surface area contributed by atoms with Gasteiger partial charge in [0.2, 0.25) is 0 Å². The van der Waals surface area contributed by atoms with Crippen molar-refractivity contribution in [3.63, 3.8) is 0 Å². The number of nitrogens with zero attached hydrogens (tertiary/aromatic N) is 2. The third-order valence-electron chi connectivity index (χ3n) is 3.97. The minimum Gasteiger partial charge on any atom is -0.497 e. The van der Waals surface area contributed by atoms with E-state index in [2.05, 4.69) is 36.6 Å². The highest BCUT2D eigenvalue weighted by Crippen LogP contribution is 2.31. The first-order chi connectivity index (χ1) is 10.6. The Morgan fingerprint density at radius 2 is 2.09 bits per heavy atom. The topological polar surface area (TPSA) is 52.5 Å². The number of nitrogens with two attached hydrogens (primary N) is 1. The molecule has 2 N–H and O–H groups in total. The van der Waals surface area contributed by atoms with Gasteiger partial charge in [0.25, 0.3) is 0 Å². The van der Waals surface area contributed by atoms with Crippen molar-refractivity contribution in [1.29, 1.82) is 0 Å². The second kappa shape index (κ2) is 5.81. The predicted molar refractivity (Wildman–Crippen MR) is 89.4 cm³/mol. The molecule has 0 fully saturated rings. The number of rotatable bonds is 4. The molecule has 1 unspecified atom stereocenters. The van der Waals surface area contributed by atoms with Crippen LogP contribution in [0.4, 0.5) is 0 Å². The summed E-state index contributed by atoms with van der Waals surface area (Å²) < 4.78 is 7.49. The van der Waals surface area contributed by atoms with Gasteiger partial charge in [0, 0.05) is 24.2 Å². The molecule has 1 atom stereocenters. The van der Waals surface area contributed by atoms with Gasteiger partial charge in [0.1, 0.15) is 11.4 Å². The lowest BCUT2D eigenvalue weighted by Crippen LogP contribution is -2.12. The van der Waals surface area contributed by atoms with Crippen molar-refractivity contribution in [2.45, 2.75) is 19.8 Å². The fourth-order valence-electron chi connectivity index (χ4n) is 2.73. The van der Waals surface area contributed by atoms with Crippen molar-refractivity contribution in [3.05, 3.63) is 53.9 Å². The molecule has 0 radical (unpaired) electrons. The van der Waals surface area contributed by atoms with Gasteiger partial charge in [-0.05, 0) is 30.7 Å². The molecule has 3 rings (SSSR count). The van der Waals surface area contributed by atoms with Gasteiger partial charge in [0.05, 0.1) is 18.5 Å². The summed E-state index contributed by atoms with van der Waals surface area (Å²) >= 11 is 0. The van der Waals surface area contributed by atoms with Gasteiger partial charge in [-0.3, -0.25) is 0 Å². The van der Waals surface area contributed by atoms with Crippen LogP contribution in [0.5, 0.6) is 5.75 Å². The van der Waals surface area contributed by atoms with Crippen LogP contribution in [0, 0.1) is 6.92 Å². The van der Waals surface area contributed by atoms with Crippen LogP contribution in [0.15, 0.2) is 42.6 Å². The largest absolute Gasteiger partial charge is 0.497 e. The van der Waals surface area contributed by atoms with Gasteiger partial charge in [-0.25, -0.2) is 4.98 Å². The summed E-state index contributed by atoms with van der Waals surface area (Å²) in [6.45, 7) is 4.80. The van der Waals surface area contributed by atoms with Crippen LogP contribution in [0.25, 0.3) is 16.9 Å². The number of fused-ring (bicyclic) bond motifs is 1. The Balaban J connectivity index is 2.27. The molecule has 4 heteroatoms. The molecule has 114 valence electrons. The first-order valence-electron chi connectivity index (χ1n) is 7.47. The third kappa shape index (κ3) is 2.46. The second-order valence-corrected chi connectivity index (χ2v) is 5.65. The van der Waals surface area contributed by atoms with Crippen LogP contribution < -0.4 is 10.5 Å². The average Bonchev–Trinajstić information content (AvgIpc) is 2.92. The number of hydrogen-bond acceptors (Lipinski definition) is 3. The lowest BCUT2D eigenvalue weighted by Gasteiger charge is -2.12. The molecule has 2 heterocycles. The van der Waals surface area contributed by atoms with Gasteiger partial charge in [-0.2, -0.15) is 0 Å². The molecule has 0 aliphatic rings. The maximum absolute atomic E-state index is 5.93. The van der Waals surface area contributed by atoms with Gasteiger partial charge in [-0.1, -0.05) is 25.1 Å². The van der Waals surface area contributed by atoms with E-state index in [1.165, 1.54) is 5.56 Å². The SMILES string of the molecule is COc1cccc(-c2nc3ccc(C)cn3c2C(C)CN)c1. The summed E-state index contributed by atoms with van der Waals surface area (Å²) in [6.07, 6.45) is 2.12. The minimum atomic E-state index is 0.220. The van der Waals surface area contributed by atoms with E-state index >= 15 is 0 Å². The smallest absolute Gasteiger partial charge is 0.137 e. The Bertz CT molecular complexity index is 807. The molecule has 0 aliphatic carbocycles. The van der Waals surface area contributed by atoms with E-state index in [0.29, 0.717) is 6.54 Å². The van der Waals surface area contributed by atoms with E-state index in [1.54, 1.807) is 7.11 Å². The maximum atomic E-state index is 5.93. The molecular formula is C18H21N3O. The molecule has 22 heavy (non-hydrogen) atoms. The summed E-state index contributed by atoms with van der Waals surface area (Å²) in [6, 6.07) is 12.1. The second-order valence-electron chi connectivity index (χ2n) is 5.65. The highest BCUT2D eigenvalue weighted by molar-refractivity contribution is 5.68. The number of methoxy groups -OCH3 is 1. The third-order valence-corrected chi connectivity index (χ3v) is 3.97. The lowest BCUT2D eigenvalue weighted by molar-refractivity contribution is 0.415. The molecule has 0 saturated carbocycles. The summed E-state index contributed by atoms with van der Waals surface area (Å²) in [4.78, 5) is 4.82. The first-order valence-corrected chi connectivity index (χ1v) is 7.47. The van der Waals surface area contributed by atoms with Gasteiger partial charge in [-0.15, -0.1) is 0 Å². The van der Waals surface area contributed by atoms with E-state index in [0.717, 1.165) is 28.3 Å². The van der Waals surface area contributed by atoms with Crippen LogP contribution in [0.1, 0.15) is 24.1 Å². The highest BCUT2D eigenvalue weighted by atomic mass is 16.5. The van der Waals surface area contributed by atoms with E-state index < -0.39 is 0 Å². The number of aromatic nitrogens is 2. The molecule has 3 aromatic rings. The summed E-state index contributed by atoms with van der Waals surface area (Å²) in [5.41, 5.74) is 11.2. The van der Waals surface area contributed by atoms with Crippen molar-refractivity contribution in [2.75, 3.05) is 13.7 Å². The van der Waals surface area contributed by atoms with E-state index in [-0.39, 0.29) is 5.92 Å². The fraction of sp³-hybridized carbons (Fsp3) is 0.278.